The van der Waals surface area contributed by atoms with Crippen molar-refractivity contribution in [2.45, 2.75) is 27.7 Å². The van der Waals surface area contributed by atoms with Crippen LogP contribution in [0.25, 0.3) is 12.2 Å². The zero-order chi connectivity index (χ0) is 10.6. The maximum absolute atomic E-state index is 2.25. The van der Waals surface area contributed by atoms with Gasteiger partial charge >= 0.3 is 0 Å². The summed E-state index contributed by atoms with van der Waals surface area (Å²) in [7, 11) is 0. The van der Waals surface area contributed by atoms with E-state index < -0.39 is 0 Å². The van der Waals surface area contributed by atoms with Crippen LogP contribution in [0.15, 0.2) is 18.2 Å². The molecule has 0 fully saturated rings. The minimum absolute atomic E-state index is 0.574. The summed E-state index contributed by atoms with van der Waals surface area (Å²) in [6, 6.07) is 2.25. The van der Waals surface area contributed by atoms with Gasteiger partial charge in [0.15, 0.2) is 0 Å². The van der Waals surface area contributed by atoms with Gasteiger partial charge in [-0.15, -0.1) is 11.3 Å². The van der Waals surface area contributed by atoms with Crippen molar-refractivity contribution >= 4 is 23.5 Å². The molecule has 0 aliphatic heterocycles. The second-order valence-corrected chi connectivity index (χ2v) is 4.54. The largest absolute Gasteiger partial charge is 0.141 e. The predicted molar refractivity (Wildman–Crippen MR) is 67.6 cm³/mol. The minimum Gasteiger partial charge on any atom is -0.141 e. The van der Waals surface area contributed by atoms with Gasteiger partial charge < -0.3 is 0 Å². The molecule has 2 rings (SSSR count). The molecule has 1 heteroatoms. The first-order valence-electron chi connectivity index (χ1n) is 5.22. The fraction of sp³-hybridized carbons (Fsp3) is 0.385. The minimum atomic E-state index is 0.574. The third-order valence-electron chi connectivity index (χ3n) is 2.04. The Labute approximate surface area is 91.0 Å². The lowest BCUT2D eigenvalue weighted by molar-refractivity contribution is 0.954. The van der Waals surface area contributed by atoms with Crippen LogP contribution in [0.5, 0.6) is 0 Å². The molecule has 0 radical (unpaired) electrons. The van der Waals surface area contributed by atoms with Crippen LogP contribution in [0, 0.1) is 12.8 Å². The molecule has 1 aliphatic carbocycles. The maximum atomic E-state index is 2.25. The first-order valence-corrected chi connectivity index (χ1v) is 6.04. The van der Waals surface area contributed by atoms with Gasteiger partial charge in [-0.3, -0.25) is 0 Å². The third-order valence-corrected chi connectivity index (χ3v) is 3.08. The molecular formula is C13H18S. The van der Waals surface area contributed by atoms with Gasteiger partial charge in [-0.2, -0.15) is 0 Å². The van der Waals surface area contributed by atoms with Crippen LogP contribution >= 0.6 is 11.3 Å². The number of thiophene rings is 1. The molecule has 14 heavy (non-hydrogen) atoms. The highest BCUT2D eigenvalue weighted by atomic mass is 32.1. The summed E-state index contributed by atoms with van der Waals surface area (Å²) in [6.07, 6.45) is 8.95. The van der Waals surface area contributed by atoms with Crippen molar-refractivity contribution < 1.29 is 0 Å². The Balaban J connectivity index is 0.000000461. The zero-order valence-electron chi connectivity index (χ0n) is 9.37. The van der Waals surface area contributed by atoms with Crippen molar-refractivity contribution in [1.29, 1.82) is 0 Å². The van der Waals surface area contributed by atoms with Crippen molar-refractivity contribution in [1.82, 2.24) is 0 Å². The van der Waals surface area contributed by atoms with E-state index in [9.17, 15) is 0 Å². The molecule has 0 saturated carbocycles. The van der Waals surface area contributed by atoms with Gasteiger partial charge in [0.05, 0.1) is 0 Å². The molecule has 0 N–H and O–H groups in total. The van der Waals surface area contributed by atoms with Gasteiger partial charge in [-0.1, -0.05) is 39.0 Å². The highest BCUT2D eigenvalue weighted by Crippen LogP contribution is 2.27. The lowest BCUT2D eigenvalue weighted by Gasteiger charge is -1.91. The first kappa shape index (κ1) is 11.3. The van der Waals surface area contributed by atoms with Crippen LogP contribution in [-0.2, 0) is 0 Å². The van der Waals surface area contributed by atoms with Gasteiger partial charge in [0, 0.05) is 9.75 Å². The number of hydrogen-bond acceptors (Lipinski definition) is 1. The molecule has 1 aromatic rings. The van der Waals surface area contributed by atoms with E-state index in [2.05, 4.69) is 44.2 Å². The fourth-order valence-electron chi connectivity index (χ4n) is 1.37. The molecule has 0 aromatic carbocycles. The molecular weight excluding hydrogens is 188 g/mol. The number of hydrogen-bond donors (Lipinski definition) is 0. The maximum Gasteiger partial charge on any atom is 0.0342 e. The topological polar surface area (TPSA) is 0 Å². The Morgan fingerprint density at radius 3 is 2.50 bits per heavy atom. The number of fused-ring (bicyclic) bond motifs is 1. The van der Waals surface area contributed by atoms with E-state index in [-0.39, 0.29) is 0 Å². The Bertz CT molecular complexity index is 311. The summed E-state index contributed by atoms with van der Waals surface area (Å²) in [4.78, 5) is 2.79. The smallest absolute Gasteiger partial charge is 0.0342 e. The average molecular weight is 206 g/mol. The Morgan fingerprint density at radius 2 is 1.79 bits per heavy atom. The van der Waals surface area contributed by atoms with E-state index in [0.29, 0.717) is 5.92 Å². The molecule has 1 atom stereocenters. The molecule has 0 bridgehead atoms. The number of allylic oxidation sites excluding steroid dienone is 2. The van der Waals surface area contributed by atoms with Crippen LogP contribution in [0.4, 0.5) is 0 Å². The number of rotatable bonds is 0. The van der Waals surface area contributed by atoms with Crippen molar-refractivity contribution in [2.24, 2.45) is 5.92 Å². The van der Waals surface area contributed by atoms with Crippen LogP contribution in [0.3, 0.4) is 0 Å². The average Bonchev–Trinajstić information content (AvgIpc) is 2.47. The summed E-state index contributed by atoms with van der Waals surface area (Å²) in [5.74, 6) is 0.574. The SMILES string of the molecule is CC.Cc1cc2c(s1)C=CC(C)C=C2. The van der Waals surface area contributed by atoms with Crippen LogP contribution in [-0.4, -0.2) is 0 Å². The highest BCUT2D eigenvalue weighted by Gasteiger charge is 2.04. The van der Waals surface area contributed by atoms with E-state index in [0.717, 1.165) is 0 Å². The van der Waals surface area contributed by atoms with Crippen LogP contribution < -0.4 is 0 Å². The fourth-order valence-corrected chi connectivity index (χ4v) is 2.30. The summed E-state index contributed by atoms with van der Waals surface area (Å²) < 4.78 is 0. The Kier molecular flexibility index (Phi) is 4.15. The highest BCUT2D eigenvalue weighted by molar-refractivity contribution is 7.13. The molecule has 0 saturated heterocycles. The van der Waals surface area contributed by atoms with Crippen molar-refractivity contribution in [3.05, 3.63) is 33.5 Å². The molecule has 1 aromatic heterocycles. The van der Waals surface area contributed by atoms with E-state index in [4.69, 9.17) is 0 Å². The second-order valence-electron chi connectivity index (χ2n) is 3.25. The van der Waals surface area contributed by atoms with E-state index in [1.54, 1.807) is 0 Å². The summed E-state index contributed by atoms with van der Waals surface area (Å²) in [5, 5.41) is 0. The van der Waals surface area contributed by atoms with Gasteiger partial charge in [0.1, 0.15) is 0 Å². The summed E-state index contributed by atoms with van der Waals surface area (Å²) in [6.45, 7) is 8.36. The lowest BCUT2D eigenvalue weighted by atomic mass is 10.1. The third kappa shape index (κ3) is 2.58. The molecule has 1 heterocycles. The van der Waals surface area contributed by atoms with E-state index in [1.807, 2.05) is 25.2 Å². The molecule has 76 valence electrons. The van der Waals surface area contributed by atoms with Crippen LogP contribution in [0.1, 0.15) is 36.1 Å². The standard InChI is InChI=1S/C11H12S.C2H6/c1-8-3-5-10-7-9(2)12-11(10)6-4-8;1-2/h3-8H,1-2H3;1-2H3. The predicted octanol–water partition coefficient (Wildman–Crippen LogP) is 4.76. The van der Waals surface area contributed by atoms with E-state index in [1.165, 1.54) is 15.3 Å². The van der Waals surface area contributed by atoms with Crippen molar-refractivity contribution in [3.8, 4) is 0 Å². The van der Waals surface area contributed by atoms with E-state index >= 15 is 0 Å². The zero-order valence-corrected chi connectivity index (χ0v) is 10.2. The van der Waals surface area contributed by atoms with Crippen LogP contribution in [0.2, 0.25) is 0 Å². The molecule has 0 nitrogen and oxygen atoms in total. The molecule has 1 aliphatic rings. The Hall–Kier alpha value is -0.820. The normalized spacial score (nSPS) is 18.1. The first-order chi connectivity index (χ1) is 6.75. The Morgan fingerprint density at radius 1 is 1.14 bits per heavy atom. The second kappa shape index (κ2) is 5.16. The van der Waals surface area contributed by atoms with Gasteiger partial charge in [0.25, 0.3) is 0 Å². The van der Waals surface area contributed by atoms with Gasteiger partial charge in [0.2, 0.25) is 0 Å². The summed E-state index contributed by atoms with van der Waals surface area (Å²) in [5.41, 5.74) is 1.37. The molecule has 0 amide bonds. The summed E-state index contributed by atoms with van der Waals surface area (Å²) >= 11 is 1.87. The van der Waals surface area contributed by atoms with Gasteiger partial charge in [-0.05, 0) is 30.5 Å². The quantitative estimate of drug-likeness (QED) is 0.574. The molecule has 1 unspecified atom stereocenters. The van der Waals surface area contributed by atoms with Crippen molar-refractivity contribution in [2.75, 3.05) is 0 Å². The van der Waals surface area contributed by atoms with Gasteiger partial charge in [-0.25, -0.2) is 0 Å². The number of aryl methyl sites for hydroxylation is 1. The monoisotopic (exact) mass is 206 g/mol. The van der Waals surface area contributed by atoms with Crippen molar-refractivity contribution in [3.63, 3.8) is 0 Å². The molecule has 0 spiro atoms. The lowest BCUT2D eigenvalue weighted by Crippen LogP contribution is -1.77.